The Kier molecular flexibility index (Phi) is 5.56. The highest BCUT2D eigenvalue weighted by Crippen LogP contribution is 2.27. The van der Waals surface area contributed by atoms with Gasteiger partial charge in [-0.25, -0.2) is 4.39 Å². The summed E-state index contributed by atoms with van der Waals surface area (Å²) in [6, 6.07) is 12.0. The molecule has 1 atom stereocenters. The highest BCUT2D eigenvalue weighted by molar-refractivity contribution is 6.31. The van der Waals surface area contributed by atoms with Crippen LogP contribution in [0.1, 0.15) is 24.1 Å². The van der Waals surface area contributed by atoms with Crippen LogP contribution < -0.4 is 16.0 Å². The third-order valence-corrected chi connectivity index (χ3v) is 3.60. The molecule has 21 heavy (non-hydrogen) atoms. The first-order valence-electron chi connectivity index (χ1n) is 6.77. The van der Waals surface area contributed by atoms with Crippen LogP contribution in [0.15, 0.2) is 42.5 Å². The van der Waals surface area contributed by atoms with E-state index < -0.39 is 0 Å². The molecule has 0 aliphatic rings. The van der Waals surface area contributed by atoms with Crippen LogP contribution in [0, 0.1) is 5.82 Å². The van der Waals surface area contributed by atoms with E-state index in [9.17, 15) is 4.39 Å². The predicted molar refractivity (Wildman–Crippen MR) is 82.8 cm³/mol. The Balaban J connectivity index is 2.26. The molecule has 0 aliphatic carbocycles. The van der Waals surface area contributed by atoms with Crippen molar-refractivity contribution in [1.82, 2.24) is 5.43 Å². The van der Waals surface area contributed by atoms with Crippen LogP contribution in [0.5, 0.6) is 5.75 Å². The van der Waals surface area contributed by atoms with Crippen molar-refractivity contribution in [1.29, 1.82) is 0 Å². The Morgan fingerprint density at radius 3 is 2.71 bits per heavy atom. The van der Waals surface area contributed by atoms with Gasteiger partial charge in [-0.05, 0) is 43.2 Å². The number of rotatable bonds is 6. The second kappa shape index (κ2) is 7.41. The number of hydrogen-bond acceptors (Lipinski definition) is 3. The van der Waals surface area contributed by atoms with E-state index in [1.54, 1.807) is 12.1 Å². The summed E-state index contributed by atoms with van der Waals surface area (Å²) < 4.78 is 19.4. The zero-order chi connectivity index (χ0) is 15.2. The third-order valence-electron chi connectivity index (χ3n) is 3.24. The average Bonchev–Trinajstić information content (AvgIpc) is 2.48. The topological polar surface area (TPSA) is 47.3 Å². The summed E-state index contributed by atoms with van der Waals surface area (Å²) in [7, 11) is 0. The number of halogens is 2. The van der Waals surface area contributed by atoms with Gasteiger partial charge in [-0.2, -0.15) is 0 Å². The number of nitrogens with two attached hydrogens (primary N) is 1. The number of hydrogen-bond donors (Lipinski definition) is 2. The van der Waals surface area contributed by atoms with Crippen LogP contribution in [0.2, 0.25) is 5.02 Å². The Hall–Kier alpha value is -1.62. The summed E-state index contributed by atoms with van der Waals surface area (Å²) in [4.78, 5) is 0. The third kappa shape index (κ3) is 3.94. The van der Waals surface area contributed by atoms with E-state index in [0.717, 1.165) is 11.3 Å². The van der Waals surface area contributed by atoms with Crippen molar-refractivity contribution in [3.63, 3.8) is 0 Å². The second-order valence-corrected chi connectivity index (χ2v) is 5.04. The number of hydrazine groups is 1. The summed E-state index contributed by atoms with van der Waals surface area (Å²) in [6.45, 7) is 2.51. The highest BCUT2D eigenvalue weighted by Gasteiger charge is 2.16. The molecule has 1 unspecified atom stereocenters. The van der Waals surface area contributed by atoms with Gasteiger partial charge in [0.15, 0.2) is 0 Å². The average molecular weight is 309 g/mol. The van der Waals surface area contributed by atoms with Crippen LogP contribution in [-0.4, -0.2) is 6.61 Å². The number of ether oxygens (including phenoxy) is 1. The maximum absolute atomic E-state index is 13.9. The van der Waals surface area contributed by atoms with Gasteiger partial charge in [-0.1, -0.05) is 29.8 Å². The van der Waals surface area contributed by atoms with Gasteiger partial charge in [0, 0.05) is 10.6 Å². The standard InChI is InChI=1S/C16H18ClFN2O/c1-2-21-12-6-3-5-11(9-12)16(20-19)10-13-14(17)7-4-8-15(13)18/h3-9,16,20H,2,10,19H2,1H3. The smallest absolute Gasteiger partial charge is 0.127 e. The molecule has 2 aromatic carbocycles. The van der Waals surface area contributed by atoms with Gasteiger partial charge in [-0.15, -0.1) is 0 Å². The first-order valence-corrected chi connectivity index (χ1v) is 7.15. The largest absolute Gasteiger partial charge is 0.494 e. The molecular formula is C16H18ClFN2O. The predicted octanol–water partition coefficient (Wildman–Crippen LogP) is 3.62. The van der Waals surface area contributed by atoms with Crippen LogP contribution in [-0.2, 0) is 6.42 Å². The molecule has 0 heterocycles. The minimum absolute atomic E-state index is 0.250. The molecule has 112 valence electrons. The summed E-state index contributed by atoms with van der Waals surface area (Å²) in [5.41, 5.74) is 4.08. The molecule has 0 fully saturated rings. The Morgan fingerprint density at radius 2 is 2.05 bits per heavy atom. The van der Waals surface area contributed by atoms with E-state index in [-0.39, 0.29) is 11.9 Å². The molecule has 2 aromatic rings. The van der Waals surface area contributed by atoms with Gasteiger partial charge in [0.05, 0.1) is 12.6 Å². The van der Waals surface area contributed by atoms with Crippen LogP contribution in [0.4, 0.5) is 4.39 Å². The quantitative estimate of drug-likeness (QED) is 0.633. The molecule has 0 saturated carbocycles. The van der Waals surface area contributed by atoms with Crippen molar-refractivity contribution in [2.75, 3.05) is 6.61 Å². The van der Waals surface area contributed by atoms with Gasteiger partial charge in [0.25, 0.3) is 0 Å². The number of benzene rings is 2. The van der Waals surface area contributed by atoms with Crippen molar-refractivity contribution in [2.24, 2.45) is 5.84 Å². The van der Waals surface area contributed by atoms with Gasteiger partial charge in [-0.3, -0.25) is 11.3 Å². The molecule has 0 saturated heterocycles. The maximum Gasteiger partial charge on any atom is 0.127 e. The molecule has 3 nitrogen and oxygen atoms in total. The molecule has 0 amide bonds. The first kappa shape index (κ1) is 15.8. The fourth-order valence-corrected chi connectivity index (χ4v) is 2.43. The lowest BCUT2D eigenvalue weighted by molar-refractivity contribution is 0.339. The van der Waals surface area contributed by atoms with E-state index in [4.69, 9.17) is 22.2 Å². The van der Waals surface area contributed by atoms with Crippen LogP contribution in [0.25, 0.3) is 0 Å². The molecule has 0 aromatic heterocycles. The lowest BCUT2D eigenvalue weighted by atomic mass is 9.99. The summed E-state index contributed by atoms with van der Waals surface area (Å²) >= 11 is 6.07. The van der Waals surface area contributed by atoms with Gasteiger partial charge < -0.3 is 4.74 Å². The molecule has 0 spiro atoms. The summed E-state index contributed by atoms with van der Waals surface area (Å²) in [5, 5.41) is 0.399. The first-order chi connectivity index (χ1) is 10.2. The fraction of sp³-hybridized carbons (Fsp3) is 0.250. The van der Waals surface area contributed by atoms with Crippen LogP contribution in [0.3, 0.4) is 0 Å². The maximum atomic E-state index is 13.9. The molecular weight excluding hydrogens is 291 g/mol. The van der Waals surface area contributed by atoms with E-state index >= 15 is 0 Å². The van der Waals surface area contributed by atoms with E-state index in [2.05, 4.69) is 5.43 Å². The zero-order valence-corrected chi connectivity index (χ0v) is 12.5. The van der Waals surface area contributed by atoms with Crippen molar-refractivity contribution >= 4 is 11.6 Å². The number of nitrogens with one attached hydrogen (secondary N) is 1. The molecule has 0 aliphatic heterocycles. The highest BCUT2D eigenvalue weighted by atomic mass is 35.5. The zero-order valence-electron chi connectivity index (χ0n) is 11.8. The summed E-state index contributed by atoms with van der Waals surface area (Å²) in [6.07, 6.45) is 0.359. The van der Waals surface area contributed by atoms with Crippen molar-refractivity contribution in [3.8, 4) is 5.75 Å². The van der Waals surface area contributed by atoms with E-state index in [0.29, 0.717) is 23.6 Å². The van der Waals surface area contributed by atoms with Gasteiger partial charge in [0.2, 0.25) is 0 Å². The summed E-state index contributed by atoms with van der Waals surface area (Å²) in [5.74, 6) is 6.05. The molecule has 0 bridgehead atoms. The van der Waals surface area contributed by atoms with E-state index in [1.165, 1.54) is 6.07 Å². The van der Waals surface area contributed by atoms with Crippen molar-refractivity contribution in [3.05, 3.63) is 64.4 Å². The Bertz CT molecular complexity index is 586. The van der Waals surface area contributed by atoms with Crippen molar-refractivity contribution < 1.29 is 9.13 Å². The van der Waals surface area contributed by atoms with Crippen LogP contribution >= 0.6 is 11.6 Å². The second-order valence-electron chi connectivity index (χ2n) is 4.63. The lowest BCUT2D eigenvalue weighted by Crippen LogP contribution is -2.30. The molecule has 0 radical (unpaired) electrons. The van der Waals surface area contributed by atoms with E-state index in [1.807, 2.05) is 31.2 Å². The molecule has 5 heteroatoms. The normalized spacial score (nSPS) is 12.2. The minimum Gasteiger partial charge on any atom is -0.494 e. The molecule has 2 rings (SSSR count). The minimum atomic E-state index is -0.330. The lowest BCUT2D eigenvalue weighted by Gasteiger charge is -2.18. The van der Waals surface area contributed by atoms with Crippen molar-refractivity contribution in [2.45, 2.75) is 19.4 Å². The van der Waals surface area contributed by atoms with Gasteiger partial charge in [0.1, 0.15) is 11.6 Å². The molecule has 3 N–H and O–H groups in total. The Labute approximate surface area is 128 Å². The monoisotopic (exact) mass is 308 g/mol. The van der Waals surface area contributed by atoms with Gasteiger partial charge >= 0.3 is 0 Å². The Morgan fingerprint density at radius 1 is 1.29 bits per heavy atom. The fourth-order valence-electron chi connectivity index (χ4n) is 2.19. The SMILES string of the molecule is CCOc1cccc(C(Cc2c(F)cccc2Cl)NN)c1.